The van der Waals surface area contributed by atoms with Crippen molar-refractivity contribution in [3.8, 4) is 0 Å². The number of carbonyl (C=O) groups excluding carboxylic acids is 1. The summed E-state index contributed by atoms with van der Waals surface area (Å²) in [5.74, 6) is -0.00584. The second-order valence-corrected chi connectivity index (χ2v) is 6.00. The van der Waals surface area contributed by atoms with Gasteiger partial charge >= 0.3 is 0 Å². The van der Waals surface area contributed by atoms with Gasteiger partial charge in [-0.2, -0.15) is 0 Å². The summed E-state index contributed by atoms with van der Waals surface area (Å²) < 4.78 is 0. The fourth-order valence-corrected chi connectivity index (χ4v) is 3.43. The molecule has 2 rings (SSSR count). The fourth-order valence-electron chi connectivity index (χ4n) is 2.18. The summed E-state index contributed by atoms with van der Waals surface area (Å²) in [6.07, 6.45) is 5.42. The molecule has 2 N–H and O–H groups in total. The molecule has 3 nitrogen and oxygen atoms in total. The highest BCUT2D eigenvalue weighted by Gasteiger charge is 2.15. The number of hydrogen-bond donors (Lipinski definition) is 2. The van der Waals surface area contributed by atoms with E-state index in [1.807, 2.05) is 23.9 Å². The van der Waals surface area contributed by atoms with Crippen molar-refractivity contribution >= 4 is 23.4 Å². The number of anilines is 1. The highest BCUT2D eigenvalue weighted by Crippen LogP contribution is 2.34. The highest BCUT2D eigenvalue weighted by molar-refractivity contribution is 8.00. The van der Waals surface area contributed by atoms with E-state index in [2.05, 4.69) is 22.8 Å². The van der Waals surface area contributed by atoms with Crippen molar-refractivity contribution in [2.45, 2.75) is 35.8 Å². The van der Waals surface area contributed by atoms with Crippen LogP contribution in [-0.2, 0) is 4.79 Å². The molecule has 1 aromatic carbocycles. The molecule has 0 aliphatic heterocycles. The van der Waals surface area contributed by atoms with Crippen LogP contribution in [0.5, 0.6) is 0 Å². The number of amides is 1. The van der Waals surface area contributed by atoms with Gasteiger partial charge in [-0.1, -0.05) is 12.8 Å². The molecule has 1 aliphatic rings. The third-order valence-corrected chi connectivity index (χ3v) is 4.43. The Bertz CT molecular complexity index is 385. The molecule has 0 bridgehead atoms. The van der Waals surface area contributed by atoms with Crippen LogP contribution in [0.4, 0.5) is 5.69 Å². The minimum Gasteiger partial charge on any atom is -0.325 e. The molecule has 1 aromatic rings. The third-order valence-electron chi connectivity index (χ3n) is 3.08. The zero-order valence-corrected chi connectivity index (χ0v) is 11.6. The van der Waals surface area contributed by atoms with Gasteiger partial charge in [-0.25, -0.2) is 0 Å². The average Bonchev–Trinajstić information content (AvgIpc) is 2.85. The van der Waals surface area contributed by atoms with Crippen molar-refractivity contribution in [3.63, 3.8) is 0 Å². The van der Waals surface area contributed by atoms with Crippen molar-refractivity contribution in [2.75, 3.05) is 18.9 Å². The predicted octanol–water partition coefficient (Wildman–Crippen LogP) is 2.88. The van der Waals surface area contributed by atoms with Crippen LogP contribution in [-0.4, -0.2) is 24.7 Å². The number of likely N-dealkylation sites (N-methyl/N-ethyl adjacent to an activating group) is 1. The Labute approximate surface area is 113 Å². The van der Waals surface area contributed by atoms with Gasteiger partial charge in [0.25, 0.3) is 0 Å². The van der Waals surface area contributed by atoms with Crippen molar-refractivity contribution in [1.29, 1.82) is 0 Å². The molecule has 0 saturated heterocycles. The minimum absolute atomic E-state index is 0.00584. The molecule has 1 aliphatic carbocycles. The molecule has 0 heterocycles. The lowest BCUT2D eigenvalue weighted by atomic mass is 10.3. The number of benzene rings is 1. The molecular formula is C14H20N2OS. The molecule has 0 radical (unpaired) electrons. The summed E-state index contributed by atoms with van der Waals surface area (Å²) in [5.41, 5.74) is 0.867. The molecule has 0 spiro atoms. The summed E-state index contributed by atoms with van der Waals surface area (Å²) in [4.78, 5) is 12.7. The van der Waals surface area contributed by atoms with Gasteiger partial charge in [0.1, 0.15) is 0 Å². The zero-order valence-electron chi connectivity index (χ0n) is 10.7. The van der Waals surface area contributed by atoms with Crippen LogP contribution in [0, 0.1) is 0 Å². The second kappa shape index (κ2) is 6.81. The number of thioether (sulfide) groups is 1. The van der Waals surface area contributed by atoms with E-state index in [1.165, 1.54) is 30.6 Å². The Morgan fingerprint density at radius 1 is 1.28 bits per heavy atom. The Kier molecular flexibility index (Phi) is 5.08. The lowest BCUT2D eigenvalue weighted by molar-refractivity contribution is -0.115. The van der Waals surface area contributed by atoms with Crippen LogP contribution in [0.3, 0.4) is 0 Å². The third kappa shape index (κ3) is 4.03. The number of carbonyl (C=O) groups is 1. The van der Waals surface area contributed by atoms with Crippen LogP contribution >= 0.6 is 11.8 Å². The monoisotopic (exact) mass is 264 g/mol. The molecule has 0 atom stereocenters. The Morgan fingerprint density at radius 2 is 1.94 bits per heavy atom. The lowest BCUT2D eigenvalue weighted by Crippen LogP contribution is -2.24. The number of hydrogen-bond acceptors (Lipinski definition) is 3. The summed E-state index contributed by atoms with van der Waals surface area (Å²) in [6.45, 7) is 0.346. The van der Waals surface area contributed by atoms with Gasteiger partial charge in [-0.15, -0.1) is 11.8 Å². The lowest BCUT2D eigenvalue weighted by Gasteiger charge is -2.09. The van der Waals surface area contributed by atoms with Gasteiger partial charge in [-0.3, -0.25) is 4.79 Å². The first-order valence-electron chi connectivity index (χ1n) is 6.49. The smallest absolute Gasteiger partial charge is 0.238 e. The Hall–Kier alpha value is -1.00. The quantitative estimate of drug-likeness (QED) is 0.859. The first-order chi connectivity index (χ1) is 8.78. The molecule has 1 fully saturated rings. The topological polar surface area (TPSA) is 41.1 Å². The van der Waals surface area contributed by atoms with Gasteiger partial charge in [0, 0.05) is 15.8 Å². The molecule has 0 aromatic heterocycles. The summed E-state index contributed by atoms with van der Waals surface area (Å²) in [5, 5.41) is 6.47. The first-order valence-corrected chi connectivity index (χ1v) is 7.37. The normalized spacial score (nSPS) is 15.8. The minimum atomic E-state index is -0.00584. The number of nitrogens with one attached hydrogen (secondary N) is 2. The Balaban J connectivity index is 1.86. The maximum atomic E-state index is 11.4. The van der Waals surface area contributed by atoms with Crippen molar-refractivity contribution in [1.82, 2.24) is 5.32 Å². The van der Waals surface area contributed by atoms with E-state index in [-0.39, 0.29) is 5.91 Å². The van der Waals surface area contributed by atoms with Gasteiger partial charge in [0.15, 0.2) is 0 Å². The van der Waals surface area contributed by atoms with E-state index in [1.54, 1.807) is 7.05 Å². The molecule has 0 unspecified atom stereocenters. The van der Waals surface area contributed by atoms with E-state index in [0.29, 0.717) is 6.54 Å². The van der Waals surface area contributed by atoms with E-state index >= 15 is 0 Å². The van der Waals surface area contributed by atoms with Crippen molar-refractivity contribution in [3.05, 3.63) is 24.3 Å². The summed E-state index contributed by atoms with van der Waals surface area (Å²) in [7, 11) is 1.76. The highest BCUT2D eigenvalue weighted by atomic mass is 32.2. The maximum Gasteiger partial charge on any atom is 0.238 e. The largest absolute Gasteiger partial charge is 0.325 e. The molecule has 4 heteroatoms. The van der Waals surface area contributed by atoms with Gasteiger partial charge in [-0.05, 0) is 44.2 Å². The first kappa shape index (κ1) is 13.4. The van der Waals surface area contributed by atoms with E-state index in [0.717, 1.165) is 10.9 Å². The van der Waals surface area contributed by atoms with E-state index < -0.39 is 0 Å². The van der Waals surface area contributed by atoms with Crippen LogP contribution in [0.25, 0.3) is 0 Å². The molecule has 98 valence electrons. The predicted molar refractivity (Wildman–Crippen MR) is 77.1 cm³/mol. The average molecular weight is 264 g/mol. The molecule has 1 saturated carbocycles. The maximum absolute atomic E-state index is 11.4. The van der Waals surface area contributed by atoms with Gasteiger partial charge < -0.3 is 10.6 Å². The van der Waals surface area contributed by atoms with Crippen molar-refractivity contribution < 1.29 is 4.79 Å². The number of rotatable bonds is 5. The molecule has 18 heavy (non-hydrogen) atoms. The fraction of sp³-hybridized carbons (Fsp3) is 0.500. The van der Waals surface area contributed by atoms with Gasteiger partial charge in [0.2, 0.25) is 5.91 Å². The SMILES string of the molecule is CNCC(=O)Nc1ccc(SC2CCCC2)cc1. The van der Waals surface area contributed by atoms with E-state index in [9.17, 15) is 4.79 Å². The molecular weight excluding hydrogens is 244 g/mol. The zero-order chi connectivity index (χ0) is 12.8. The Morgan fingerprint density at radius 3 is 2.56 bits per heavy atom. The summed E-state index contributed by atoms with van der Waals surface area (Å²) in [6, 6.07) is 8.14. The van der Waals surface area contributed by atoms with E-state index in [4.69, 9.17) is 0 Å². The summed E-state index contributed by atoms with van der Waals surface area (Å²) >= 11 is 1.96. The van der Waals surface area contributed by atoms with Crippen LogP contribution in [0.15, 0.2) is 29.2 Å². The molecule has 1 amide bonds. The van der Waals surface area contributed by atoms with Gasteiger partial charge in [0.05, 0.1) is 6.54 Å². The standard InChI is InChI=1S/C14H20N2OS/c1-15-10-14(17)16-11-6-8-13(9-7-11)18-12-4-2-3-5-12/h6-9,12,15H,2-5,10H2,1H3,(H,16,17). The van der Waals surface area contributed by atoms with Crippen molar-refractivity contribution in [2.24, 2.45) is 0 Å². The van der Waals surface area contributed by atoms with Crippen LogP contribution in [0.1, 0.15) is 25.7 Å². The van der Waals surface area contributed by atoms with Crippen LogP contribution in [0.2, 0.25) is 0 Å². The second-order valence-electron chi connectivity index (χ2n) is 4.63. The van der Waals surface area contributed by atoms with Crippen LogP contribution < -0.4 is 10.6 Å².